The fourth-order valence-electron chi connectivity index (χ4n) is 4.73. The van der Waals surface area contributed by atoms with Crippen LogP contribution in [0.15, 0.2) is 77.2 Å². The van der Waals surface area contributed by atoms with Crippen molar-refractivity contribution in [3.05, 3.63) is 106 Å². The van der Waals surface area contributed by atoms with Crippen LogP contribution in [0.2, 0.25) is 5.02 Å². The van der Waals surface area contributed by atoms with E-state index in [0.29, 0.717) is 60.6 Å². The van der Waals surface area contributed by atoms with Crippen molar-refractivity contribution >= 4 is 17.5 Å². The van der Waals surface area contributed by atoms with Crippen LogP contribution in [0.5, 0.6) is 23.0 Å². The van der Waals surface area contributed by atoms with Gasteiger partial charge < -0.3 is 28.3 Å². The average Bonchev–Trinajstić information content (AvgIpc) is 3.66. The summed E-state index contributed by atoms with van der Waals surface area (Å²) in [6.45, 7) is 2.59. The van der Waals surface area contributed by atoms with Gasteiger partial charge in [0.2, 0.25) is 6.79 Å². The molecule has 9 heteroatoms. The fourth-order valence-corrected chi connectivity index (χ4v) is 4.86. The van der Waals surface area contributed by atoms with Crippen LogP contribution < -0.4 is 18.9 Å². The van der Waals surface area contributed by atoms with Crippen molar-refractivity contribution < 1.29 is 28.2 Å². The lowest BCUT2D eigenvalue weighted by Crippen LogP contribution is -2.28. The molecule has 1 aliphatic rings. The van der Waals surface area contributed by atoms with Crippen LogP contribution in [0.4, 0.5) is 0 Å². The molecule has 1 aromatic heterocycles. The Labute approximate surface area is 244 Å². The predicted molar refractivity (Wildman–Crippen MR) is 156 cm³/mol. The zero-order valence-corrected chi connectivity index (χ0v) is 24.1. The highest BCUT2D eigenvalue weighted by atomic mass is 35.5. The second-order valence-corrected chi connectivity index (χ2v) is 10.3. The molecule has 0 unspecified atom stereocenters. The monoisotopic (exact) mass is 576 g/mol. The molecule has 2 heterocycles. The van der Waals surface area contributed by atoms with E-state index in [1.54, 1.807) is 32.2 Å². The highest BCUT2D eigenvalue weighted by Crippen LogP contribution is 2.33. The van der Waals surface area contributed by atoms with E-state index in [4.69, 9.17) is 35.0 Å². The van der Waals surface area contributed by atoms with E-state index in [-0.39, 0.29) is 12.7 Å². The molecule has 3 aromatic carbocycles. The van der Waals surface area contributed by atoms with Crippen molar-refractivity contribution in [1.29, 1.82) is 0 Å². The number of nitrogens with zero attached hydrogens (tertiary/aromatic N) is 2. The molecular formula is C32H33ClN2O6. The number of halogens is 1. The van der Waals surface area contributed by atoms with Crippen LogP contribution in [0.25, 0.3) is 0 Å². The third-order valence-electron chi connectivity index (χ3n) is 6.95. The molecule has 1 amide bonds. The molecule has 0 N–H and O–H groups in total. The lowest BCUT2D eigenvalue weighted by Gasteiger charge is -2.22. The lowest BCUT2D eigenvalue weighted by atomic mass is 10.1. The van der Waals surface area contributed by atoms with Crippen LogP contribution in [-0.2, 0) is 26.1 Å². The largest absolute Gasteiger partial charge is 0.493 e. The number of benzene rings is 3. The first-order chi connectivity index (χ1) is 19.9. The summed E-state index contributed by atoms with van der Waals surface area (Å²) in [6, 6.07) is 23.1. The Bertz CT molecular complexity index is 1490. The maximum absolute atomic E-state index is 13.1. The van der Waals surface area contributed by atoms with Crippen molar-refractivity contribution in [1.82, 2.24) is 9.80 Å². The lowest BCUT2D eigenvalue weighted by molar-refractivity contribution is 0.0760. The maximum Gasteiger partial charge on any atom is 0.289 e. The smallest absolute Gasteiger partial charge is 0.289 e. The number of hydrogen-bond donors (Lipinski definition) is 0. The van der Waals surface area contributed by atoms with Gasteiger partial charge in [0.05, 0.1) is 20.8 Å². The van der Waals surface area contributed by atoms with Gasteiger partial charge in [0.25, 0.3) is 5.91 Å². The van der Waals surface area contributed by atoms with E-state index in [1.165, 1.54) is 0 Å². The molecule has 5 rings (SSSR count). The van der Waals surface area contributed by atoms with Gasteiger partial charge in [-0.1, -0.05) is 35.9 Å². The Morgan fingerprint density at radius 1 is 0.805 bits per heavy atom. The SMILES string of the molecule is COc1ccc(CCN(C)C(=O)c2ccc(CN(Cc3ccc(Cl)cc3)Cc3ccc4c(c3)OCO4)o2)cc1OC. The maximum atomic E-state index is 13.1. The molecular weight excluding hydrogens is 544 g/mol. The summed E-state index contributed by atoms with van der Waals surface area (Å²) in [5.74, 6) is 3.68. The number of carbonyl (C=O) groups is 1. The molecule has 0 fully saturated rings. The van der Waals surface area contributed by atoms with E-state index >= 15 is 0 Å². The van der Waals surface area contributed by atoms with E-state index in [9.17, 15) is 4.79 Å². The Morgan fingerprint density at radius 2 is 1.51 bits per heavy atom. The number of rotatable bonds is 12. The predicted octanol–water partition coefficient (Wildman–Crippen LogP) is 6.20. The summed E-state index contributed by atoms with van der Waals surface area (Å²) in [7, 11) is 4.99. The van der Waals surface area contributed by atoms with Crippen LogP contribution in [0.1, 0.15) is 33.0 Å². The van der Waals surface area contributed by atoms with Crippen molar-refractivity contribution in [2.75, 3.05) is 34.6 Å². The number of ether oxygens (including phenoxy) is 4. The van der Waals surface area contributed by atoms with Gasteiger partial charge in [0.1, 0.15) is 5.76 Å². The third kappa shape index (κ3) is 7.14. The van der Waals surface area contributed by atoms with Gasteiger partial charge in [0, 0.05) is 31.7 Å². The molecule has 0 saturated carbocycles. The van der Waals surface area contributed by atoms with Crippen molar-refractivity contribution in [2.24, 2.45) is 0 Å². The summed E-state index contributed by atoms with van der Waals surface area (Å²) in [5.41, 5.74) is 3.25. The molecule has 0 spiro atoms. The Kier molecular flexibility index (Phi) is 9.01. The Hall–Kier alpha value is -4.14. The molecule has 0 bridgehead atoms. The highest BCUT2D eigenvalue weighted by molar-refractivity contribution is 6.30. The minimum absolute atomic E-state index is 0.170. The minimum atomic E-state index is -0.170. The Morgan fingerprint density at radius 3 is 2.29 bits per heavy atom. The van der Waals surface area contributed by atoms with Gasteiger partial charge in [-0.15, -0.1) is 0 Å². The first-order valence-electron chi connectivity index (χ1n) is 13.3. The zero-order chi connectivity index (χ0) is 28.8. The summed E-state index contributed by atoms with van der Waals surface area (Å²) in [4.78, 5) is 17.1. The average molecular weight is 577 g/mol. The van der Waals surface area contributed by atoms with Crippen molar-refractivity contribution in [2.45, 2.75) is 26.1 Å². The number of furan rings is 1. The summed E-state index contributed by atoms with van der Waals surface area (Å²) < 4.78 is 27.8. The number of fused-ring (bicyclic) bond motifs is 1. The van der Waals surface area contributed by atoms with Gasteiger partial charge in [-0.3, -0.25) is 9.69 Å². The zero-order valence-electron chi connectivity index (χ0n) is 23.4. The van der Waals surface area contributed by atoms with Gasteiger partial charge in [0.15, 0.2) is 28.8 Å². The quantitative estimate of drug-likeness (QED) is 0.199. The molecule has 1 aliphatic heterocycles. The molecule has 41 heavy (non-hydrogen) atoms. The standard InChI is InChI=1S/C32H33ClN2O6/c1-34(15-14-22-6-11-27(37-2)30(16-22)38-3)32(36)29-13-10-26(41-29)20-35(18-23-4-8-25(33)9-5-23)19-24-7-12-28-31(17-24)40-21-39-28/h4-13,16-17H,14-15,18-21H2,1-3H3. The molecule has 214 valence electrons. The first kappa shape index (κ1) is 28.4. The van der Waals surface area contributed by atoms with E-state index < -0.39 is 0 Å². The van der Waals surface area contributed by atoms with Crippen LogP contribution in [-0.4, -0.2) is 50.3 Å². The molecule has 8 nitrogen and oxygen atoms in total. The van der Waals surface area contributed by atoms with Crippen LogP contribution in [0.3, 0.4) is 0 Å². The minimum Gasteiger partial charge on any atom is -0.493 e. The van der Waals surface area contributed by atoms with E-state index in [1.807, 2.05) is 66.7 Å². The molecule has 4 aromatic rings. The second-order valence-electron chi connectivity index (χ2n) is 9.89. The number of methoxy groups -OCH3 is 2. The summed E-state index contributed by atoms with van der Waals surface area (Å²) in [5, 5.41) is 0.695. The van der Waals surface area contributed by atoms with Gasteiger partial charge >= 0.3 is 0 Å². The van der Waals surface area contributed by atoms with Gasteiger partial charge in [-0.2, -0.15) is 0 Å². The van der Waals surface area contributed by atoms with E-state index in [2.05, 4.69) is 4.90 Å². The second kappa shape index (κ2) is 13.0. The summed E-state index contributed by atoms with van der Waals surface area (Å²) in [6.07, 6.45) is 0.667. The highest BCUT2D eigenvalue weighted by Gasteiger charge is 2.19. The number of hydrogen-bond acceptors (Lipinski definition) is 7. The molecule has 0 atom stereocenters. The van der Waals surface area contributed by atoms with Crippen molar-refractivity contribution in [3.8, 4) is 23.0 Å². The molecule has 0 aliphatic carbocycles. The first-order valence-corrected chi connectivity index (χ1v) is 13.7. The fraction of sp³-hybridized carbons (Fsp3) is 0.281. The normalized spacial score (nSPS) is 12.0. The third-order valence-corrected chi connectivity index (χ3v) is 7.20. The van der Waals surface area contributed by atoms with Crippen molar-refractivity contribution in [3.63, 3.8) is 0 Å². The van der Waals surface area contributed by atoms with Crippen LogP contribution in [0, 0.1) is 0 Å². The number of carbonyl (C=O) groups excluding carboxylic acids is 1. The summed E-state index contributed by atoms with van der Waals surface area (Å²) >= 11 is 6.10. The van der Waals surface area contributed by atoms with Crippen LogP contribution >= 0.6 is 11.6 Å². The molecule has 0 radical (unpaired) electrons. The molecule has 0 saturated heterocycles. The Balaban J connectivity index is 1.24. The van der Waals surface area contributed by atoms with Gasteiger partial charge in [-0.25, -0.2) is 0 Å². The number of amides is 1. The number of likely N-dealkylation sites (N-methyl/N-ethyl adjacent to an activating group) is 1. The topological polar surface area (TPSA) is 73.6 Å². The van der Waals surface area contributed by atoms with Gasteiger partial charge in [-0.05, 0) is 71.6 Å². The van der Waals surface area contributed by atoms with E-state index in [0.717, 1.165) is 28.2 Å².